The Morgan fingerprint density at radius 1 is 1.20 bits per heavy atom. The predicted molar refractivity (Wildman–Crippen MR) is 78.7 cm³/mol. The Hall–Kier alpha value is -1.86. The SMILES string of the molecule is Cc1ccc(S(=O)(=O)N2CC(=O)Nc3ccccc32)s1. The molecule has 5 nitrogen and oxygen atoms in total. The number of aryl methyl sites for hydroxylation is 1. The summed E-state index contributed by atoms with van der Waals surface area (Å²) in [4.78, 5) is 12.6. The summed E-state index contributed by atoms with van der Waals surface area (Å²) < 4.78 is 26.7. The molecule has 20 heavy (non-hydrogen) atoms. The van der Waals surface area contributed by atoms with Gasteiger partial charge < -0.3 is 5.32 Å². The molecule has 7 heteroatoms. The second-order valence-corrected chi connectivity index (χ2v) is 7.82. The fraction of sp³-hybridized carbons (Fsp3) is 0.154. The maximum atomic E-state index is 12.7. The van der Waals surface area contributed by atoms with Gasteiger partial charge in [-0.3, -0.25) is 9.10 Å². The molecule has 1 amide bonds. The van der Waals surface area contributed by atoms with Crippen LogP contribution in [0, 0.1) is 6.92 Å². The molecular formula is C13H12N2O3S2. The molecule has 1 aliphatic rings. The molecule has 0 aliphatic carbocycles. The van der Waals surface area contributed by atoms with E-state index < -0.39 is 10.0 Å². The number of rotatable bonds is 2. The summed E-state index contributed by atoms with van der Waals surface area (Å²) in [5, 5.41) is 2.68. The van der Waals surface area contributed by atoms with Crippen molar-refractivity contribution in [2.75, 3.05) is 16.2 Å². The third kappa shape index (κ3) is 2.08. The Kier molecular flexibility index (Phi) is 3.02. The van der Waals surface area contributed by atoms with Gasteiger partial charge in [0.05, 0.1) is 11.4 Å². The van der Waals surface area contributed by atoms with Gasteiger partial charge in [-0.2, -0.15) is 0 Å². The van der Waals surface area contributed by atoms with Crippen LogP contribution in [0.25, 0.3) is 0 Å². The van der Waals surface area contributed by atoms with Gasteiger partial charge in [0.15, 0.2) is 0 Å². The summed E-state index contributed by atoms with van der Waals surface area (Å²) >= 11 is 1.20. The number of hydrogen-bond acceptors (Lipinski definition) is 4. The second kappa shape index (κ2) is 4.60. The number of benzene rings is 1. The van der Waals surface area contributed by atoms with Crippen molar-refractivity contribution in [3.8, 4) is 0 Å². The number of carbonyl (C=O) groups excluding carboxylic acids is 1. The molecule has 0 bridgehead atoms. The zero-order valence-electron chi connectivity index (χ0n) is 10.7. The third-order valence-electron chi connectivity index (χ3n) is 2.99. The van der Waals surface area contributed by atoms with E-state index in [1.165, 1.54) is 11.3 Å². The summed E-state index contributed by atoms with van der Waals surface area (Å²) in [7, 11) is -3.70. The van der Waals surface area contributed by atoms with Crippen LogP contribution in [-0.2, 0) is 14.8 Å². The molecule has 0 saturated carbocycles. The molecule has 0 unspecified atom stereocenters. The molecule has 0 atom stereocenters. The number of fused-ring (bicyclic) bond motifs is 1. The molecule has 1 N–H and O–H groups in total. The minimum absolute atomic E-state index is 0.198. The van der Waals surface area contributed by atoms with Gasteiger partial charge in [-0.15, -0.1) is 11.3 Å². The van der Waals surface area contributed by atoms with Crippen molar-refractivity contribution in [2.24, 2.45) is 0 Å². The zero-order chi connectivity index (χ0) is 14.3. The maximum Gasteiger partial charge on any atom is 0.274 e. The van der Waals surface area contributed by atoms with E-state index in [1.54, 1.807) is 36.4 Å². The maximum absolute atomic E-state index is 12.7. The van der Waals surface area contributed by atoms with Gasteiger partial charge in [-0.1, -0.05) is 12.1 Å². The van der Waals surface area contributed by atoms with Gasteiger partial charge in [0.25, 0.3) is 10.0 Å². The minimum atomic E-state index is -3.70. The van der Waals surface area contributed by atoms with Gasteiger partial charge in [0, 0.05) is 4.88 Å². The summed E-state index contributed by atoms with van der Waals surface area (Å²) in [5.74, 6) is -0.333. The Balaban J connectivity index is 2.13. The highest BCUT2D eigenvalue weighted by atomic mass is 32.2. The van der Waals surface area contributed by atoms with Crippen LogP contribution in [0.1, 0.15) is 4.88 Å². The van der Waals surface area contributed by atoms with E-state index in [4.69, 9.17) is 0 Å². The van der Waals surface area contributed by atoms with Crippen molar-refractivity contribution in [2.45, 2.75) is 11.1 Å². The van der Waals surface area contributed by atoms with Crippen LogP contribution >= 0.6 is 11.3 Å². The Morgan fingerprint density at radius 3 is 2.65 bits per heavy atom. The molecule has 0 radical (unpaired) electrons. The van der Waals surface area contributed by atoms with Crippen LogP contribution in [0.3, 0.4) is 0 Å². The molecular weight excluding hydrogens is 296 g/mol. The third-order valence-corrected chi connectivity index (χ3v) is 6.22. The highest BCUT2D eigenvalue weighted by Gasteiger charge is 2.32. The molecule has 1 aromatic carbocycles. The molecule has 0 fully saturated rings. The van der Waals surface area contributed by atoms with Gasteiger partial charge in [-0.25, -0.2) is 8.42 Å². The minimum Gasteiger partial charge on any atom is -0.323 e. The van der Waals surface area contributed by atoms with E-state index in [0.29, 0.717) is 11.4 Å². The first-order valence-electron chi connectivity index (χ1n) is 5.96. The molecule has 0 saturated heterocycles. The van der Waals surface area contributed by atoms with Crippen molar-refractivity contribution in [3.63, 3.8) is 0 Å². The van der Waals surface area contributed by atoms with E-state index in [2.05, 4.69) is 5.32 Å². The van der Waals surface area contributed by atoms with Crippen molar-refractivity contribution in [1.29, 1.82) is 0 Å². The second-order valence-electron chi connectivity index (χ2n) is 4.44. The van der Waals surface area contributed by atoms with E-state index >= 15 is 0 Å². The molecule has 1 aliphatic heterocycles. The summed E-state index contributed by atoms with van der Waals surface area (Å²) in [6.45, 7) is 1.65. The largest absolute Gasteiger partial charge is 0.323 e. The van der Waals surface area contributed by atoms with Gasteiger partial charge in [-0.05, 0) is 31.2 Å². The number of nitrogens with zero attached hydrogens (tertiary/aromatic N) is 1. The van der Waals surface area contributed by atoms with Crippen molar-refractivity contribution in [3.05, 3.63) is 41.3 Å². The lowest BCUT2D eigenvalue weighted by molar-refractivity contribution is -0.115. The molecule has 0 spiro atoms. The highest BCUT2D eigenvalue weighted by Crippen LogP contribution is 2.34. The molecule has 2 heterocycles. The van der Waals surface area contributed by atoms with E-state index in [-0.39, 0.29) is 16.7 Å². The number of amides is 1. The number of sulfonamides is 1. The lowest BCUT2D eigenvalue weighted by Gasteiger charge is -2.29. The van der Waals surface area contributed by atoms with Crippen LogP contribution in [0.4, 0.5) is 11.4 Å². The fourth-order valence-electron chi connectivity index (χ4n) is 2.08. The lowest BCUT2D eigenvalue weighted by atomic mass is 10.2. The van der Waals surface area contributed by atoms with Crippen LogP contribution in [0.5, 0.6) is 0 Å². The predicted octanol–water partition coefficient (Wildman–Crippen LogP) is 2.20. The molecule has 3 rings (SSSR count). The van der Waals surface area contributed by atoms with Crippen molar-refractivity contribution < 1.29 is 13.2 Å². The average Bonchev–Trinajstić information content (AvgIpc) is 2.85. The summed E-state index contributed by atoms with van der Waals surface area (Å²) in [6.07, 6.45) is 0. The smallest absolute Gasteiger partial charge is 0.274 e. The first kappa shape index (κ1) is 13.1. The van der Waals surface area contributed by atoms with Crippen molar-refractivity contribution >= 4 is 38.6 Å². The van der Waals surface area contributed by atoms with Crippen LogP contribution in [0.2, 0.25) is 0 Å². The number of thiophene rings is 1. The van der Waals surface area contributed by atoms with E-state index in [9.17, 15) is 13.2 Å². The summed E-state index contributed by atoms with van der Waals surface area (Å²) in [6, 6.07) is 10.2. The first-order valence-corrected chi connectivity index (χ1v) is 8.22. The number of nitrogens with one attached hydrogen (secondary N) is 1. The highest BCUT2D eigenvalue weighted by molar-refractivity contribution is 7.94. The van der Waals surface area contributed by atoms with E-state index in [0.717, 1.165) is 9.18 Å². The average molecular weight is 308 g/mol. The van der Waals surface area contributed by atoms with E-state index in [1.807, 2.05) is 6.92 Å². The summed E-state index contributed by atoms with van der Waals surface area (Å²) in [5.41, 5.74) is 1.01. The Morgan fingerprint density at radius 2 is 1.95 bits per heavy atom. The standard InChI is InChI=1S/C13H12N2O3S2/c1-9-6-7-13(19-9)20(17,18)15-8-12(16)14-10-4-2-3-5-11(10)15/h2-7H,8H2,1H3,(H,14,16). The van der Waals surface area contributed by atoms with Crippen LogP contribution < -0.4 is 9.62 Å². The number of para-hydroxylation sites is 2. The number of hydrogen-bond donors (Lipinski definition) is 1. The molecule has 2 aromatic rings. The van der Waals surface area contributed by atoms with Gasteiger partial charge in [0.2, 0.25) is 5.91 Å². The van der Waals surface area contributed by atoms with Gasteiger partial charge in [0.1, 0.15) is 10.8 Å². The number of anilines is 2. The van der Waals surface area contributed by atoms with Crippen molar-refractivity contribution in [1.82, 2.24) is 0 Å². The Labute approximate surface area is 120 Å². The zero-order valence-corrected chi connectivity index (χ0v) is 12.3. The molecule has 1 aromatic heterocycles. The number of carbonyl (C=O) groups is 1. The monoisotopic (exact) mass is 308 g/mol. The lowest BCUT2D eigenvalue weighted by Crippen LogP contribution is -2.41. The van der Waals surface area contributed by atoms with Crippen LogP contribution in [0.15, 0.2) is 40.6 Å². The normalized spacial score (nSPS) is 14.8. The topological polar surface area (TPSA) is 66.5 Å². The van der Waals surface area contributed by atoms with Crippen LogP contribution in [-0.4, -0.2) is 20.9 Å². The quantitative estimate of drug-likeness (QED) is 0.925. The van der Waals surface area contributed by atoms with Gasteiger partial charge >= 0.3 is 0 Å². The fourth-order valence-corrected chi connectivity index (χ4v) is 4.91. The first-order chi connectivity index (χ1) is 9.48. The molecule has 104 valence electrons. The Bertz CT molecular complexity index is 780.